The van der Waals surface area contributed by atoms with E-state index < -0.39 is 6.10 Å². The van der Waals surface area contributed by atoms with Gasteiger partial charge in [0, 0.05) is 0 Å². The maximum absolute atomic E-state index is 12.3. The lowest BCUT2D eigenvalue weighted by molar-refractivity contribution is -0.122. The van der Waals surface area contributed by atoms with Gasteiger partial charge < -0.3 is 9.47 Å². The number of rotatable bonds is 7. The molecule has 1 N–H and O–H groups in total. The summed E-state index contributed by atoms with van der Waals surface area (Å²) in [5.74, 6) is 0.876. The van der Waals surface area contributed by atoms with Crippen molar-refractivity contribution in [2.45, 2.75) is 23.8 Å². The van der Waals surface area contributed by atoms with Crippen LogP contribution in [0.4, 0.5) is 5.13 Å². The third-order valence-electron chi connectivity index (χ3n) is 2.81. The quantitative estimate of drug-likeness (QED) is 0.617. The minimum atomic E-state index is -0.627. The van der Waals surface area contributed by atoms with Gasteiger partial charge in [0.15, 0.2) is 21.9 Å². The number of thioether (sulfide) groups is 1. The van der Waals surface area contributed by atoms with E-state index in [1.807, 2.05) is 25.3 Å². The van der Waals surface area contributed by atoms with Crippen molar-refractivity contribution in [1.82, 2.24) is 10.2 Å². The Kier molecular flexibility index (Phi) is 6.02. The van der Waals surface area contributed by atoms with Crippen LogP contribution in [0.2, 0.25) is 0 Å². The first kappa shape index (κ1) is 16.6. The number of hydrogen-bond donors (Lipinski definition) is 1. The molecule has 0 fully saturated rings. The number of nitrogens with zero attached hydrogens (tertiary/aromatic N) is 2. The van der Waals surface area contributed by atoms with Gasteiger partial charge in [-0.25, -0.2) is 0 Å². The molecule has 0 aliphatic rings. The summed E-state index contributed by atoms with van der Waals surface area (Å²) in [6.45, 7) is 1.88. The molecular weight excluding hydrogens is 322 g/mol. The van der Waals surface area contributed by atoms with Crippen molar-refractivity contribution in [1.29, 1.82) is 0 Å². The molecule has 1 atom stereocenters. The Morgan fingerprint density at radius 3 is 2.68 bits per heavy atom. The predicted molar refractivity (Wildman–Crippen MR) is 88.0 cm³/mol. The van der Waals surface area contributed by atoms with Crippen LogP contribution in [0.25, 0.3) is 0 Å². The molecule has 1 aromatic heterocycles. The Bertz CT molecular complexity index is 633. The molecule has 1 amide bonds. The lowest BCUT2D eigenvalue weighted by Crippen LogP contribution is -2.32. The number of anilines is 1. The van der Waals surface area contributed by atoms with E-state index >= 15 is 0 Å². The first-order valence-corrected chi connectivity index (χ1v) is 8.70. The Balaban J connectivity index is 2.05. The predicted octanol–water partition coefficient (Wildman–Crippen LogP) is 3.06. The number of nitrogens with one attached hydrogen (secondary N) is 1. The number of para-hydroxylation sites is 2. The minimum Gasteiger partial charge on any atom is -0.493 e. The molecule has 6 nitrogen and oxygen atoms in total. The summed E-state index contributed by atoms with van der Waals surface area (Å²) in [7, 11) is 1.56. The van der Waals surface area contributed by atoms with Crippen LogP contribution in [0.3, 0.4) is 0 Å². The maximum Gasteiger partial charge on any atom is 0.267 e. The normalized spacial score (nSPS) is 11.8. The van der Waals surface area contributed by atoms with E-state index in [0.717, 1.165) is 4.34 Å². The Hall–Kier alpha value is -1.80. The number of ether oxygens (including phenoxy) is 2. The molecule has 1 aromatic carbocycles. The van der Waals surface area contributed by atoms with Crippen molar-refractivity contribution in [2.75, 3.05) is 18.7 Å². The number of methoxy groups -OCH3 is 1. The smallest absolute Gasteiger partial charge is 0.267 e. The summed E-state index contributed by atoms with van der Waals surface area (Å²) in [5.41, 5.74) is 0. The van der Waals surface area contributed by atoms with Crippen LogP contribution in [-0.2, 0) is 4.79 Å². The highest BCUT2D eigenvalue weighted by Crippen LogP contribution is 2.28. The zero-order chi connectivity index (χ0) is 15.9. The molecule has 0 radical (unpaired) electrons. The molecule has 0 aliphatic heterocycles. The fraction of sp³-hybridized carbons (Fsp3) is 0.357. The summed E-state index contributed by atoms with van der Waals surface area (Å²) in [6.07, 6.45) is 1.81. The molecule has 118 valence electrons. The molecule has 0 spiro atoms. The maximum atomic E-state index is 12.3. The van der Waals surface area contributed by atoms with Gasteiger partial charge >= 0.3 is 0 Å². The molecule has 2 rings (SSSR count). The van der Waals surface area contributed by atoms with Crippen molar-refractivity contribution in [2.24, 2.45) is 0 Å². The zero-order valence-corrected chi connectivity index (χ0v) is 14.2. The van der Waals surface area contributed by atoms with Gasteiger partial charge in [-0.3, -0.25) is 10.1 Å². The van der Waals surface area contributed by atoms with Crippen LogP contribution in [0.5, 0.6) is 11.5 Å². The van der Waals surface area contributed by atoms with Crippen LogP contribution in [-0.4, -0.2) is 35.6 Å². The number of hydrogen-bond acceptors (Lipinski definition) is 7. The second-order valence-corrected chi connectivity index (χ2v) is 6.26. The van der Waals surface area contributed by atoms with Gasteiger partial charge in [0.1, 0.15) is 0 Å². The van der Waals surface area contributed by atoms with Gasteiger partial charge in [-0.2, -0.15) is 0 Å². The lowest BCUT2D eigenvalue weighted by atomic mass is 10.2. The summed E-state index contributed by atoms with van der Waals surface area (Å²) in [5, 5.41) is 11.1. The molecule has 8 heteroatoms. The standard InChI is InChI=1S/C14H17N3O3S2/c1-4-9(20-11-8-6-5-7-10(11)19-2)12(18)15-13-16-17-14(21-3)22-13/h5-9H,4H2,1-3H3,(H,15,16,18)/t9-/m0/s1. The molecule has 0 aliphatic carbocycles. The fourth-order valence-corrected chi connectivity index (χ4v) is 2.89. The average molecular weight is 339 g/mol. The van der Waals surface area contributed by atoms with E-state index in [1.165, 1.54) is 23.1 Å². The van der Waals surface area contributed by atoms with Crippen molar-refractivity contribution in [3.8, 4) is 11.5 Å². The summed E-state index contributed by atoms with van der Waals surface area (Å²) in [6, 6.07) is 7.23. The van der Waals surface area contributed by atoms with Gasteiger partial charge in [0.25, 0.3) is 5.91 Å². The first-order valence-electron chi connectivity index (χ1n) is 6.66. The third-order valence-corrected chi connectivity index (χ3v) is 4.63. The second-order valence-electron chi connectivity index (χ2n) is 4.23. The number of carbonyl (C=O) groups excluding carboxylic acids is 1. The lowest BCUT2D eigenvalue weighted by Gasteiger charge is -2.17. The molecule has 0 saturated carbocycles. The number of amides is 1. The monoisotopic (exact) mass is 339 g/mol. The van der Waals surface area contributed by atoms with Gasteiger partial charge in [-0.1, -0.05) is 42.2 Å². The minimum absolute atomic E-state index is 0.253. The Morgan fingerprint density at radius 1 is 1.36 bits per heavy atom. The Labute approximate surface area is 137 Å². The second kappa shape index (κ2) is 8.00. The van der Waals surface area contributed by atoms with Crippen molar-refractivity contribution < 1.29 is 14.3 Å². The van der Waals surface area contributed by atoms with E-state index in [1.54, 1.807) is 19.2 Å². The fourth-order valence-electron chi connectivity index (χ4n) is 1.72. The highest BCUT2D eigenvalue weighted by molar-refractivity contribution is 8.00. The topological polar surface area (TPSA) is 73.3 Å². The third kappa shape index (κ3) is 4.11. The Morgan fingerprint density at radius 2 is 2.09 bits per heavy atom. The van der Waals surface area contributed by atoms with Gasteiger partial charge in [0.05, 0.1) is 7.11 Å². The van der Waals surface area contributed by atoms with Crippen molar-refractivity contribution >= 4 is 34.1 Å². The van der Waals surface area contributed by atoms with E-state index in [2.05, 4.69) is 15.5 Å². The van der Waals surface area contributed by atoms with Crippen LogP contribution >= 0.6 is 23.1 Å². The van der Waals surface area contributed by atoms with E-state index in [0.29, 0.717) is 23.1 Å². The van der Waals surface area contributed by atoms with Gasteiger partial charge in [-0.05, 0) is 24.8 Å². The number of carbonyl (C=O) groups is 1. The molecule has 0 saturated heterocycles. The van der Waals surface area contributed by atoms with Crippen LogP contribution in [0.1, 0.15) is 13.3 Å². The summed E-state index contributed by atoms with van der Waals surface area (Å²) >= 11 is 2.82. The molecule has 0 unspecified atom stereocenters. The van der Waals surface area contributed by atoms with Crippen LogP contribution in [0.15, 0.2) is 28.6 Å². The molecule has 1 heterocycles. The molecule has 22 heavy (non-hydrogen) atoms. The summed E-state index contributed by atoms with van der Waals surface area (Å²) in [4.78, 5) is 12.3. The SMILES string of the molecule is CC[C@H](Oc1ccccc1OC)C(=O)Nc1nnc(SC)s1. The van der Waals surface area contributed by atoms with Crippen LogP contribution < -0.4 is 14.8 Å². The summed E-state index contributed by atoms with van der Waals surface area (Å²) < 4.78 is 11.8. The van der Waals surface area contributed by atoms with Gasteiger partial charge in [0.2, 0.25) is 5.13 Å². The number of benzene rings is 1. The van der Waals surface area contributed by atoms with E-state index in [-0.39, 0.29) is 5.91 Å². The van der Waals surface area contributed by atoms with Crippen LogP contribution in [0, 0.1) is 0 Å². The highest BCUT2D eigenvalue weighted by atomic mass is 32.2. The largest absolute Gasteiger partial charge is 0.493 e. The van der Waals surface area contributed by atoms with E-state index in [4.69, 9.17) is 9.47 Å². The van der Waals surface area contributed by atoms with Crippen molar-refractivity contribution in [3.63, 3.8) is 0 Å². The number of aromatic nitrogens is 2. The zero-order valence-electron chi connectivity index (χ0n) is 12.5. The highest BCUT2D eigenvalue weighted by Gasteiger charge is 2.21. The van der Waals surface area contributed by atoms with E-state index in [9.17, 15) is 4.79 Å². The average Bonchev–Trinajstić information content (AvgIpc) is 3.00. The molecule has 2 aromatic rings. The van der Waals surface area contributed by atoms with Gasteiger partial charge in [-0.15, -0.1) is 10.2 Å². The van der Waals surface area contributed by atoms with Crippen molar-refractivity contribution in [3.05, 3.63) is 24.3 Å². The molecule has 0 bridgehead atoms. The first-order chi connectivity index (χ1) is 10.7. The molecular formula is C14H17N3O3S2.